The second-order valence-electron chi connectivity index (χ2n) is 4.18. The molecular formula is C9H16N2O2. The number of hydrogen-bond acceptors (Lipinski definition) is 3. The lowest BCUT2D eigenvalue weighted by molar-refractivity contribution is -0.128. The number of nitrogens with zero attached hydrogens (tertiary/aromatic N) is 1. The molecule has 4 nitrogen and oxygen atoms in total. The van der Waals surface area contributed by atoms with E-state index >= 15 is 0 Å². The molecule has 0 bridgehead atoms. The molecule has 1 unspecified atom stereocenters. The van der Waals surface area contributed by atoms with Gasteiger partial charge in [0.25, 0.3) is 0 Å². The van der Waals surface area contributed by atoms with Crippen molar-refractivity contribution >= 4 is 5.91 Å². The fraction of sp³-hybridized carbons (Fsp3) is 0.889. The second kappa shape index (κ2) is 2.96. The summed E-state index contributed by atoms with van der Waals surface area (Å²) in [5.41, 5.74) is -0.120. The first-order chi connectivity index (χ1) is 6.17. The van der Waals surface area contributed by atoms with E-state index in [1.54, 1.807) is 4.90 Å². The van der Waals surface area contributed by atoms with Crippen LogP contribution in [0.3, 0.4) is 0 Å². The molecule has 0 radical (unpaired) electrons. The van der Waals surface area contributed by atoms with E-state index in [0.717, 1.165) is 25.8 Å². The van der Waals surface area contributed by atoms with Crippen LogP contribution in [0.1, 0.15) is 19.3 Å². The van der Waals surface area contributed by atoms with Gasteiger partial charge in [-0.2, -0.15) is 0 Å². The lowest BCUT2D eigenvalue weighted by atomic mass is 10.2. The molecule has 0 aromatic rings. The van der Waals surface area contributed by atoms with Gasteiger partial charge >= 0.3 is 0 Å². The minimum absolute atomic E-state index is 0.0559. The largest absolute Gasteiger partial charge is 0.394 e. The maximum atomic E-state index is 11.5. The molecule has 0 spiro atoms. The molecule has 1 aliphatic carbocycles. The Morgan fingerprint density at radius 1 is 1.69 bits per heavy atom. The lowest BCUT2D eigenvalue weighted by Gasteiger charge is -2.19. The molecule has 1 heterocycles. The summed E-state index contributed by atoms with van der Waals surface area (Å²) in [6.45, 7) is 0.985. The van der Waals surface area contributed by atoms with Crippen molar-refractivity contribution in [3.8, 4) is 0 Å². The molecule has 0 aromatic heterocycles. The number of likely N-dealkylation sites (N-methyl/N-ethyl adjacent to an activating group) is 1. The maximum absolute atomic E-state index is 11.5. The minimum Gasteiger partial charge on any atom is -0.394 e. The summed E-state index contributed by atoms with van der Waals surface area (Å²) in [5.74, 6) is 0.166. The smallest absolute Gasteiger partial charge is 0.239 e. The highest BCUT2D eigenvalue weighted by Gasteiger charge is 2.45. The predicted molar refractivity (Wildman–Crippen MR) is 48.2 cm³/mol. The first-order valence-corrected chi connectivity index (χ1v) is 4.80. The number of aliphatic hydroxyl groups excluding tert-OH is 1. The Morgan fingerprint density at radius 2 is 2.38 bits per heavy atom. The SMILES string of the molecule is CN1CCC(NC2(CO)CC2)C1=O. The first-order valence-electron chi connectivity index (χ1n) is 4.80. The Bertz CT molecular complexity index is 226. The van der Waals surface area contributed by atoms with Gasteiger partial charge in [-0.05, 0) is 19.3 Å². The molecule has 4 heteroatoms. The number of likely N-dealkylation sites (tertiary alicyclic amines) is 1. The van der Waals surface area contributed by atoms with E-state index < -0.39 is 0 Å². The molecule has 2 aliphatic rings. The predicted octanol–water partition coefficient (Wildman–Crippen LogP) is -0.668. The average Bonchev–Trinajstić information content (AvgIpc) is 2.85. The van der Waals surface area contributed by atoms with Crippen molar-refractivity contribution in [2.24, 2.45) is 0 Å². The van der Waals surface area contributed by atoms with E-state index in [-0.39, 0.29) is 24.1 Å². The molecule has 2 N–H and O–H groups in total. The molecule has 0 aromatic carbocycles. The third-order valence-electron chi connectivity index (χ3n) is 3.06. The Kier molecular flexibility index (Phi) is 2.04. The summed E-state index contributed by atoms with van der Waals surface area (Å²) in [7, 11) is 1.82. The third kappa shape index (κ3) is 1.56. The monoisotopic (exact) mass is 184 g/mol. The number of aliphatic hydroxyl groups is 1. The number of amides is 1. The van der Waals surface area contributed by atoms with Crippen molar-refractivity contribution in [2.75, 3.05) is 20.2 Å². The number of rotatable bonds is 3. The van der Waals surface area contributed by atoms with Gasteiger partial charge in [0.2, 0.25) is 5.91 Å². The van der Waals surface area contributed by atoms with Crippen LogP contribution in [0.25, 0.3) is 0 Å². The Morgan fingerprint density at radius 3 is 2.77 bits per heavy atom. The second-order valence-corrected chi connectivity index (χ2v) is 4.18. The van der Waals surface area contributed by atoms with Crippen molar-refractivity contribution in [2.45, 2.75) is 30.8 Å². The van der Waals surface area contributed by atoms with Crippen molar-refractivity contribution < 1.29 is 9.90 Å². The highest BCUT2D eigenvalue weighted by Crippen LogP contribution is 2.35. The maximum Gasteiger partial charge on any atom is 0.239 e. The summed E-state index contributed by atoms with van der Waals surface area (Å²) in [6.07, 6.45) is 2.87. The van der Waals surface area contributed by atoms with Crippen molar-refractivity contribution in [3.63, 3.8) is 0 Å². The third-order valence-corrected chi connectivity index (χ3v) is 3.06. The molecule has 2 fully saturated rings. The van der Waals surface area contributed by atoms with Crippen LogP contribution in [-0.4, -0.2) is 47.7 Å². The molecule has 1 saturated carbocycles. The Labute approximate surface area is 77.9 Å². The van der Waals surface area contributed by atoms with Gasteiger partial charge in [0.1, 0.15) is 0 Å². The zero-order chi connectivity index (χ0) is 9.47. The zero-order valence-corrected chi connectivity index (χ0v) is 7.92. The summed E-state index contributed by atoms with van der Waals surface area (Å²) >= 11 is 0. The average molecular weight is 184 g/mol. The lowest BCUT2D eigenvalue weighted by Crippen LogP contribution is -2.46. The number of nitrogens with one attached hydrogen (secondary N) is 1. The van der Waals surface area contributed by atoms with Gasteiger partial charge in [0, 0.05) is 19.1 Å². The van der Waals surface area contributed by atoms with E-state index in [1.807, 2.05) is 7.05 Å². The molecule has 74 valence electrons. The fourth-order valence-electron chi connectivity index (χ4n) is 1.82. The zero-order valence-electron chi connectivity index (χ0n) is 7.92. The molecule has 1 amide bonds. The van der Waals surface area contributed by atoms with Crippen LogP contribution in [0.4, 0.5) is 0 Å². The summed E-state index contributed by atoms with van der Waals surface area (Å²) in [5, 5.41) is 12.3. The normalized spacial score (nSPS) is 31.1. The van der Waals surface area contributed by atoms with Gasteiger partial charge in [0.15, 0.2) is 0 Å². The summed E-state index contributed by atoms with van der Waals surface area (Å²) in [4.78, 5) is 13.2. The molecule has 2 rings (SSSR count). The highest BCUT2D eigenvalue weighted by atomic mass is 16.3. The standard InChI is InChI=1S/C9H16N2O2/c1-11-5-2-7(8(11)13)10-9(6-12)3-4-9/h7,10,12H,2-6H2,1H3. The molecule has 1 atom stereocenters. The minimum atomic E-state index is -0.120. The van der Waals surface area contributed by atoms with E-state index in [4.69, 9.17) is 5.11 Å². The summed E-state index contributed by atoms with van der Waals surface area (Å²) in [6, 6.07) is -0.0559. The van der Waals surface area contributed by atoms with Gasteiger partial charge in [-0.15, -0.1) is 0 Å². The van der Waals surface area contributed by atoms with Crippen LogP contribution in [0.2, 0.25) is 0 Å². The van der Waals surface area contributed by atoms with Gasteiger partial charge < -0.3 is 10.0 Å². The van der Waals surface area contributed by atoms with Crippen LogP contribution in [-0.2, 0) is 4.79 Å². The van der Waals surface area contributed by atoms with Gasteiger partial charge in [-0.3, -0.25) is 10.1 Å². The first kappa shape index (κ1) is 8.97. The van der Waals surface area contributed by atoms with Crippen molar-refractivity contribution in [3.05, 3.63) is 0 Å². The molecule has 13 heavy (non-hydrogen) atoms. The van der Waals surface area contributed by atoms with Crippen LogP contribution < -0.4 is 5.32 Å². The van der Waals surface area contributed by atoms with Gasteiger partial charge in [-0.1, -0.05) is 0 Å². The van der Waals surface area contributed by atoms with E-state index in [9.17, 15) is 4.79 Å². The van der Waals surface area contributed by atoms with Crippen LogP contribution in [0.5, 0.6) is 0 Å². The quantitative estimate of drug-likeness (QED) is 0.611. The van der Waals surface area contributed by atoms with Crippen LogP contribution in [0, 0.1) is 0 Å². The van der Waals surface area contributed by atoms with E-state index in [2.05, 4.69) is 5.32 Å². The fourth-order valence-corrected chi connectivity index (χ4v) is 1.82. The van der Waals surface area contributed by atoms with Crippen molar-refractivity contribution in [1.82, 2.24) is 10.2 Å². The highest BCUT2D eigenvalue weighted by molar-refractivity contribution is 5.83. The van der Waals surface area contributed by atoms with E-state index in [1.165, 1.54) is 0 Å². The molecular weight excluding hydrogens is 168 g/mol. The Hall–Kier alpha value is -0.610. The van der Waals surface area contributed by atoms with Crippen molar-refractivity contribution in [1.29, 1.82) is 0 Å². The Balaban J connectivity index is 1.92. The molecule has 1 aliphatic heterocycles. The van der Waals surface area contributed by atoms with Gasteiger partial charge in [0.05, 0.1) is 12.6 Å². The van der Waals surface area contributed by atoms with Crippen LogP contribution >= 0.6 is 0 Å². The topological polar surface area (TPSA) is 52.6 Å². The summed E-state index contributed by atoms with van der Waals surface area (Å²) < 4.78 is 0. The van der Waals surface area contributed by atoms with Gasteiger partial charge in [-0.25, -0.2) is 0 Å². The van der Waals surface area contributed by atoms with Crippen LogP contribution in [0.15, 0.2) is 0 Å². The molecule has 1 saturated heterocycles. The van der Waals surface area contributed by atoms with E-state index in [0.29, 0.717) is 0 Å². The number of hydrogen-bond donors (Lipinski definition) is 2. The number of carbonyl (C=O) groups excluding carboxylic acids is 1. The number of carbonyl (C=O) groups is 1.